The summed E-state index contributed by atoms with van der Waals surface area (Å²) in [4.78, 5) is 23.4. The van der Waals surface area contributed by atoms with Crippen LogP contribution >= 0.6 is 0 Å². The smallest absolute Gasteiger partial charge is 0.336 e. The first-order valence-electron chi connectivity index (χ1n) is 11.1. The summed E-state index contributed by atoms with van der Waals surface area (Å²) in [6.07, 6.45) is 14.9. The van der Waals surface area contributed by atoms with E-state index in [1.807, 2.05) is 6.07 Å². The standard InChI is InChI=1S/C24H38O4/c1-3-5-7-9-11-13-16-19(15-12-10-8-6-4-2)20-17-14-18-21(23(25)26)22(20)24(27)28/h14,17-19H,3-13,15-16H2,1-2H3,(H,25,26)(H,27,28). The van der Waals surface area contributed by atoms with E-state index in [1.165, 1.54) is 51.0 Å². The number of carboxylic acids is 2. The molecule has 0 spiro atoms. The summed E-state index contributed by atoms with van der Waals surface area (Å²) >= 11 is 0. The number of hydrogen-bond acceptors (Lipinski definition) is 2. The minimum atomic E-state index is -1.17. The van der Waals surface area contributed by atoms with Crippen LogP contribution in [0.15, 0.2) is 18.2 Å². The second-order valence-electron chi connectivity index (χ2n) is 7.84. The van der Waals surface area contributed by atoms with Gasteiger partial charge in [0.25, 0.3) is 0 Å². The monoisotopic (exact) mass is 390 g/mol. The normalized spacial score (nSPS) is 12.1. The van der Waals surface area contributed by atoms with Crippen molar-refractivity contribution < 1.29 is 19.8 Å². The molecule has 4 heteroatoms. The Morgan fingerprint density at radius 1 is 0.750 bits per heavy atom. The number of rotatable bonds is 16. The minimum Gasteiger partial charge on any atom is -0.478 e. The Bertz CT molecular complexity index is 594. The Balaban J connectivity index is 2.88. The van der Waals surface area contributed by atoms with Crippen LogP contribution in [0, 0.1) is 0 Å². The van der Waals surface area contributed by atoms with Gasteiger partial charge in [-0.05, 0) is 30.4 Å². The first-order valence-corrected chi connectivity index (χ1v) is 11.1. The van der Waals surface area contributed by atoms with Crippen molar-refractivity contribution in [1.29, 1.82) is 0 Å². The Morgan fingerprint density at radius 3 is 1.71 bits per heavy atom. The summed E-state index contributed by atoms with van der Waals surface area (Å²) in [5.41, 5.74) is 0.597. The maximum atomic E-state index is 11.9. The summed E-state index contributed by atoms with van der Waals surface area (Å²) < 4.78 is 0. The lowest BCUT2D eigenvalue weighted by Gasteiger charge is -2.20. The Morgan fingerprint density at radius 2 is 1.25 bits per heavy atom. The quantitative estimate of drug-likeness (QED) is 0.291. The van der Waals surface area contributed by atoms with Crippen LogP contribution in [0.1, 0.15) is 130 Å². The van der Waals surface area contributed by atoms with E-state index < -0.39 is 11.9 Å². The summed E-state index contributed by atoms with van der Waals surface area (Å²) in [7, 11) is 0. The van der Waals surface area contributed by atoms with E-state index >= 15 is 0 Å². The summed E-state index contributed by atoms with van der Waals surface area (Å²) in [6, 6.07) is 4.92. The Hall–Kier alpha value is -1.84. The first kappa shape index (κ1) is 24.2. The second-order valence-corrected chi connectivity index (χ2v) is 7.84. The maximum absolute atomic E-state index is 11.9. The third kappa shape index (κ3) is 8.45. The van der Waals surface area contributed by atoms with Gasteiger partial charge in [-0.25, -0.2) is 9.59 Å². The lowest BCUT2D eigenvalue weighted by molar-refractivity contribution is 0.0650. The third-order valence-electron chi connectivity index (χ3n) is 5.54. The van der Waals surface area contributed by atoms with E-state index in [1.54, 1.807) is 6.07 Å². The van der Waals surface area contributed by atoms with Gasteiger partial charge in [-0.2, -0.15) is 0 Å². The zero-order valence-electron chi connectivity index (χ0n) is 17.7. The molecule has 0 aliphatic rings. The van der Waals surface area contributed by atoms with Gasteiger partial charge in [-0.3, -0.25) is 0 Å². The molecule has 0 heterocycles. The van der Waals surface area contributed by atoms with Crippen LogP contribution in [-0.2, 0) is 0 Å². The van der Waals surface area contributed by atoms with E-state index in [-0.39, 0.29) is 17.0 Å². The lowest BCUT2D eigenvalue weighted by Crippen LogP contribution is -2.14. The zero-order valence-corrected chi connectivity index (χ0v) is 17.7. The molecule has 158 valence electrons. The highest BCUT2D eigenvalue weighted by atomic mass is 16.4. The molecular weight excluding hydrogens is 352 g/mol. The highest BCUT2D eigenvalue weighted by Gasteiger charge is 2.24. The van der Waals surface area contributed by atoms with Gasteiger partial charge in [0.05, 0.1) is 11.1 Å². The number of unbranched alkanes of at least 4 members (excludes halogenated alkanes) is 9. The summed E-state index contributed by atoms with van der Waals surface area (Å²) in [5.74, 6) is -2.18. The van der Waals surface area contributed by atoms with E-state index in [2.05, 4.69) is 13.8 Å². The molecule has 1 unspecified atom stereocenters. The molecule has 1 rings (SSSR count). The SMILES string of the molecule is CCCCCCCCC(CCCCCCC)c1cccc(C(=O)O)c1C(=O)O. The van der Waals surface area contributed by atoms with Gasteiger partial charge in [0, 0.05) is 0 Å². The van der Waals surface area contributed by atoms with Crippen molar-refractivity contribution in [3.8, 4) is 0 Å². The fourth-order valence-corrected chi connectivity index (χ4v) is 3.95. The molecule has 0 aliphatic heterocycles. The molecule has 0 aliphatic carbocycles. The van der Waals surface area contributed by atoms with Crippen LogP contribution in [0.2, 0.25) is 0 Å². The van der Waals surface area contributed by atoms with Crippen LogP contribution in [0.4, 0.5) is 0 Å². The van der Waals surface area contributed by atoms with Crippen LogP contribution in [-0.4, -0.2) is 22.2 Å². The van der Waals surface area contributed by atoms with Crippen LogP contribution in [0.25, 0.3) is 0 Å². The van der Waals surface area contributed by atoms with Crippen molar-refractivity contribution in [2.45, 2.75) is 103 Å². The number of carbonyl (C=O) groups is 2. The molecule has 0 radical (unpaired) electrons. The van der Waals surface area contributed by atoms with Crippen molar-refractivity contribution in [2.75, 3.05) is 0 Å². The van der Waals surface area contributed by atoms with E-state index in [9.17, 15) is 19.8 Å². The van der Waals surface area contributed by atoms with Gasteiger partial charge in [-0.15, -0.1) is 0 Å². The van der Waals surface area contributed by atoms with E-state index in [0.717, 1.165) is 38.5 Å². The van der Waals surface area contributed by atoms with Crippen molar-refractivity contribution in [2.24, 2.45) is 0 Å². The topological polar surface area (TPSA) is 74.6 Å². The molecular formula is C24H38O4. The number of benzene rings is 1. The van der Waals surface area contributed by atoms with Crippen molar-refractivity contribution in [3.63, 3.8) is 0 Å². The molecule has 0 bridgehead atoms. The largest absolute Gasteiger partial charge is 0.478 e. The van der Waals surface area contributed by atoms with Crippen LogP contribution < -0.4 is 0 Å². The predicted molar refractivity (Wildman–Crippen MR) is 114 cm³/mol. The molecule has 28 heavy (non-hydrogen) atoms. The predicted octanol–water partition coefficient (Wildman–Crippen LogP) is 7.28. The Kier molecular flexibility index (Phi) is 12.3. The maximum Gasteiger partial charge on any atom is 0.336 e. The molecule has 2 N–H and O–H groups in total. The zero-order chi connectivity index (χ0) is 20.8. The van der Waals surface area contributed by atoms with Gasteiger partial charge < -0.3 is 10.2 Å². The van der Waals surface area contributed by atoms with Gasteiger partial charge in [0.15, 0.2) is 0 Å². The molecule has 0 fully saturated rings. The molecule has 1 atom stereocenters. The van der Waals surface area contributed by atoms with Crippen molar-refractivity contribution in [1.82, 2.24) is 0 Å². The average Bonchev–Trinajstić information content (AvgIpc) is 2.68. The highest BCUT2D eigenvalue weighted by Crippen LogP contribution is 2.32. The molecule has 0 saturated carbocycles. The number of carboxylic acid groups (broad SMARTS) is 2. The average molecular weight is 391 g/mol. The third-order valence-corrected chi connectivity index (χ3v) is 5.54. The van der Waals surface area contributed by atoms with E-state index in [0.29, 0.717) is 5.56 Å². The van der Waals surface area contributed by atoms with Crippen LogP contribution in [0.5, 0.6) is 0 Å². The van der Waals surface area contributed by atoms with Crippen LogP contribution in [0.3, 0.4) is 0 Å². The molecule has 0 amide bonds. The second kappa shape index (κ2) is 14.2. The number of aromatic carboxylic acids is 2. The number of hydrogen-bond donors (Lipinski definition) is 2. The van der Waals surface area contributed by atoms with Gasteiger partial charge in [-0.1, -0.05) is 96.6 Å². The summed E-state index contributed by atoms with van der Waals surface area (Å²) in [6.45, 7) is 4.40. The minimum absolute atomic E-state index is 0.0143. The van der Waals surface area contributed by atoms with Gasteiger partial charge in [0.2, 0.25) is 0 Å². The molecule has 0 saturated heterocycles. The molecule has 1 aromatic carbocycles. The van der Waals surface area contributed by atoms with Crippen molar-refractivity contribution in [3.05, 3.63) is 34.9 Å². The van der Waals surface area contributed by atoms with Crippen molar-refractivity contribution >= 4 is 11.9 Å². The highest BCUT2D eigenvalue weighted by molar-refractivity contribution is 6.02. The molecule has 4 nitrogen and oxygen atoms in total. The molecule has 1 aromatic rings. The molecule has 0 aromatic heterocycles. The fraction of sp³-hybridized carbons (Fsp3) is 0.667. The lowest BCUT2D eigenvalue weighted by atomic mass is 9.84. The van der Waals surface area contributed by atoms with Gasteiger partial charge >= 0.3 is 11.9 Å². The first-order chi connectivity index (χ1) is 13.5. The van der Waals surface area contributed by atoms with E-state index in [4.69, 9.17) is 0 Å². The summed E-state index contributed by atoms with van der Waals surface area (Å²) in [5, 5.41) is 19.1. The Labute approximate surface area is 170 Å². The fourth-order valence-electron chi connectivity index (χ4n) is 3.95. The van der Waals surface area contributed by atoms with Gasteiger partial charge in [0.1, 0.15) is 0 Å².